The lowest BCUT2D eigenvalue weighted by Crippen LogP contribution is -2.39. The molecule has 1 aromatic rings. The molecule has 1 aromatic heterocycles. The molecular weight excluding hydrogens is 284 g/mol. The molecule has 20 heavy (non-hydrogen) atoms. The third-order valence-corrected chi connectivity index (χ3v) is 4.22. The smallest absolute Gasteiger partial charge is 0.337 e. The van der Waals surface area contributed by atoms with Gasteiger partial charge in [0.2, 0.25) is 0 Å². The van der Waals surface area contributed by atoms with Crippen molar-refractivity contribution in [2.75, 3.05) is 6.61 Å². The number of nitrogens with zero attached hydrogens (tertiary/aromatic N) is 1. The van der Waals surface area contributed by atoms with Crippen molar-refractivity contribution in [1.82, 2.24) is 9.71 Å². The Kier molecular flexibility index (Phi) is 5.61. The zero-order valence-corrected chi connectivity index (χ0v) is 12.1. The number of pyridine rings is 1. The summed E-state index contributed by atoms with van der Waals surface area (Å²) in [5.74, 6) is -1.16. The molecule has 0 bridgehead atoms. The first-order valence-electron chi connectivity index (χ1n) is 6.10. The van der Waals surface area contributed by atoms with E-state index in [1.807, 2.05) is 13.8 Å². The van der Waals surface area contributed by atoms with Crippen LogP contribution in [0.25, 0.3) is 0 Å². The maximum atomic E-state index is 12.1. The molecule has 0 aliphatic carbocycles. The molecule has 0 aliphatic rings. The lowest BCUT2D eigenvalue weighted by atomic mass is 10.0. The summed E-state index contributed by atoms with van der Waals surface area (Å²) in [7, 11) is -3.83. The Morgan fingerprint density at radius 2 is 2.05 bits per heavy atom. The normalized spacial score (nSPS) is 13.4. The van der Waals surface area contributed by atoms with Gasteiger partial charge >= 0.3 is 5.97 Å². The molecule has 1 rings (SSSR count). The van der Waals surface area contributed by atoms with Crippen molar-refractivity contribution in [3.63, 3.8) is 0 Å². The number of aromatic carboxylic acids is 1. The summed E-state index contributed by atoms with van der Waals surface area (Å²) in [6.07, 6.45) is 1.29. The van der Waals surface area contributed by atoms with Crippen LogP contribution in [0.4, 0.5) is 0 Å². The maximum Gasteiger partial charge on any atom is 0.337 e. The van der Waals surface area contributed by atoms with Gasteiger partial charge in [0.25, 0.3) is 10.0 Å². The van der Waals surface area contributed by atoms with E-state index in [4.69, 9.17) is 10.2 Å². The van der Waals surface area contributed by atoms with Crippen LogP contribution >= 0.6 is 0 Å². The van der Waals surface area contributed by atoms with Gasteiger partial charge in [0, 0.05) is 18.8 Å². The third-order valence-electron chi connectivity index (χ3n) is 2.81. The number of carboxylic acids is 1. The van der Waals surface area contributed by atoms with E-state index in [0.29, 0.717) is 6.42 Å². The second-order valence-corrected chi connectivity index (χ2v) is 6.34. The van der Waals surface area contributed by atoms with Gasteiger partial charge in [-0.1, -0.05) is 13.8 Å². The SMILES string of the molecule is CC(C)C(CCO)NS(=O)(=O)c1ccc(C(=O)O)cn1. The fourth-order valence-electron chi connectivity index (χ4n) is 1.59. The first-order chi connectivity index (χ1) is 9.27. The number of nitrogens with one attached hydrogen (secondary N) is 1. The highest BCUT2D eigenvalue weighted by Gasteiger charge is 2.23. The van der Waals surface area contributed by atoms with Gasteiger partial charge < -0.3 is 10.2 Å². The van der Waals surface area contributed by atoms with E-state index in [0.717, 1.165) is 12.3 Å². The summed E-state index contributed by atoms with van der Waals surface area (Å²) in [5, 5.41) is 17.4. The fraction of sp³-hybridized carbons (Fsp3) is 0.500. The van der Waals surface area contributed by atoms with Crippen LogP contribution in [0.5, 0.6) is 0 Å². The Morgan fingerprint density at radius 1 is 1.40 bits per heavy atom. The van der Waals surface area contributed by atoms with Crippen LogP contribution < -0.4 is 4.72 Å². The van der Waals surface area contributed by atoms with E-state index in [1.165, 1.54) is 6.07 Å². The molecule has 0 radical (unpaired) electrons. The van der Waals surface area contributed by atoms with Gasteiger partial charge in [-0.05, 0) is 24.5 Å². The molecule has 0 aromatic carbocycles. The van der Waals surface area contributed by atoms with E-state index < -0.39 is 22.0 Å². The number of aromatic nitrogens is 1. The topological polar surface area (TPSA) is 117 Å². The summed E-state index contributed by atoms with van der Waals surface area (Å²) in [6.45, 7) is 3.55. The van der Waals surface area contributed by atoms with E-state index in [9.17, 15) is 13.2 Å². The van der Waals surface area contributed by atoms with Crippen molar-refractivity contribution >= 4 is 16.0 Å². The number of hydrogen-bond acceptors (Lipinski definition) is 5. The highest BCUT2D eigenvalue weighted by atomic mass is 32.2. The molecule has 1 atom stereocenters. The number of carboxylic acid groups (broad SMARTS) is 1. The number of aliphatic hydroxyl groups is 1. The lowest BCUT2D eigenvalue weighted by molar-refractivity contribution is 0.0696. The Labute approximate surface area is 117 Å². The Hall–Kier alpha value is -1.51. The predicted molar refractivity (Wildman–Crippen MR) is 71.8 cm³/mol. The second-order valence-electron chi connectivity index (χ2n) is 4.67. The van der Waals surface area contributed by atoms with Crippen LogP contribution in [-0.2, 0) is 10.0 Å². The maximum absolute atomic E-state index is 12.1. The summed E-state index contributed by atoms with van der Waals surface area (Å²) in [5.41, 5.74) is -0.0836. The van der Waals surface area contributed by atoms with E-state index >= 15 is 0 Å². The Morgan fingerprint density at radius 3 is 2.45 bits per heavy atom. The van der Waals surface area contributed by atoms with Crippen LogP contribution in [0.2, 0.25) is 0 Å². The highest BCUT2D eigenvalue weighted by Crippen LogP contribution is 2.12. The molecule has 3 N–H and O–H groups in total. The van der Waals surface area contributed by atoms with Gasteiger partial charge in [0.05, 0.1) is 5.56 Å². The second kappa shape index (κ2) is 6.78. The molecule has 0 aliphatic heterocycles. The molecule has 0 fully saturated rings. The van der Waals surface area contributed by atoms with Crippen LogP contribution in [0, 0.1) is 5.92 Å². The average molecular weight is 302 g/mol. The molecular formula is C12H18N2O5S. The average Bonchev–Trinajstić information content (AvgIpc) is 2.38. The van der Waals surface area contributed by atoms with Crippen molar-refractivity contribution in [3.8, 4) is 0 Å². The largest absolute Gasteiger partial charge is 0.478 e. The molecule has 8 heteroatoms. The van der Waals surface area contributed by atoms with Gasteiger partial charge in [-0.3, -0.25) is 0 Å². The first kappa shape index (κ1) is 16.5. The molecule has 7 nitrogen and oxygen atoms in total. The van der Waals surface area contributed by atoms with E-state index in [-0.39, 0.29) is 23.1 Å². The fourth-order valence-corrected chi connectivity index (χ4v) is 2.94. The van der Waals surface area contributed by atoms with Crippen LogP contribution in [0.3, 0.4) is 0 Å². The summed E-state index contributed by atoms with van der Waals surface area (Å²) < 4.78 is 26.7. The quantitative estimate of drug-likeness (QED) is 0.674. The van der Waals surface area contributed by atoms with Gasteiger partial charge in [-0.25, -0.2) is 22.9 Å². The first-order valence-corrected chi connectivity index (χ1v) is 7.58. The zero-order valence-electron chi connectivity index (χ0n) is 11.3. The van der Waals surface area contributed by atoms with Crippen molar-refractivity contribution in [2.24, 2.45) is 5.92 Å². The number of sulfonamides is 1. The predicted octanol–water partition coefficient (Wildman–Crippen LogP) is 0.465. The van der Waals surface area contributed by atoms with Crippen molar-refractivity contribution in [1.29, 1.82) is 0 Å². The highest BCUT2D eigenvalue weighted by molar-refractivity contribution is 7.89. The number of carbonyl (C=O) groups is 1. The molecule has 0 saturated carbocycles. The Bertz CT molecular complexity index is 554. The molecule has 1 unspecified atom stereocenters. The van der Waals surface area contributed by atoms with E-state index in [1.54, 1.807) is 0 Å². The van der Waals surface area contributed by atoms with Crippen molar-refractivity contribution in [2.45, 2.75) is 31.3 Å². The minimum absolute atomic E-state index is 0.00946. The Balaban J connectivity index is 2.95. The van der Waals surface area contributed by atoms with Crippen molar-refractivity contribution < 1.29 is 23.4 Å². The lowest BCUT2D eigenvalue weighted by Gasteiger charge is -2.21. The van der Waals surface area contributed by atoms with Crippen molar-refractivity contribution in [3.05, 3.63) is 23.9 Å². The van der Waals surface area contributed by atoms with Gasteiger partial charge in [-0.15, -0.1) is 0 Å². The number of aliphatic hydroxyl groups excluding tert-OH is 1. The summed E-state index contributed by atoms with van der Waals surface area (Å²) >= 11 is 0. The van der Waals surface area contributed by atoms with Crippen LogP contribution in [0.1, 0.15) is 30.6 Å². The zero-order chi connectivity index (χ0) is 15.3. The van der Waals surface area contributed by atoms with Gasteiger partial charge in [0.1, 0.15) is 0 Å². The molecule has 0 amide bonds. The molecule has 0 saturated heterocycles. The summed E-state index contributed by atoms with van der Waals surface area (Å²) in [6, 6.07) is 1.91. The summed E-state index contributed by atoms with van der Waals surface area (Å²) in [4.78, 5) is 14.3. The molecule has 0 spiro atoms. The number of rotatable bonds is 7. The van der Waals surface area contributed by atoms with Gasteiger partial charge in [-0.2, -0.15) is 0 Å². The third kappa shape index (κ3) is 4.26. The van der Waals surface area contributed by atoms with Gasteiger partial charge in [0.15, 0.2) is 5.03 Å². The molecule has 112 valence electrons. The molecule has 1 heterocycles. The minimum Gasteiger partial charge on any atom is -0.478 e. The van der Waals surface area contributed by atoms with Crippen LogP contribution in [0.15, 0.2) is 23.4 Å². The number of hydrogen-bond donors (Lipinski definition) is 3. The van der Waals surface area contributed by atoms with E-state index in [2.05, 4.69) is 9.71 Å². The van der Waals surface area contributed by atoms with Crippen LogP contribution in [-0.4, -0.2) is 42.2 Å². The minimum atomic E-state index is -3.83. The standard InChI is InChI=1S/C12H18N2O5S/c1-8(2)10(5-6-15)14-20(18,19)11-4-3-9(7-13-11)12(16)17/h3-4,7-8,10,14-15H,5-6H2,1-2H3,(H,16,17). The monoisotopic (exact) mass is 302 g/mol.